The third kappa shape index (κ3) is 8.45. The lowest BCUT2D eigenvalue weighted by Crippen LogP contribution is -2.48. The van der Waals surface area contributed by atoms with E-state index in [1.54, 1.807) is 25.1 Å². The molecule has 3 aromatic rings. The van der Waals surface area contributed by atoms with Crippen molar-refractivity contribution in [2.24, 2.45) is 5.41 Å². The number of fused-ring (bicyclic) bond motifs is 1. The van der Waals surface area contributed by atoms with Gasteiger partial charge in [0.25, 0.3) is 0 Å². The van der Waals surface area contributed by atoms with Crippen LogP contribution in [0.15, 0.2) is 48.8 Å². The number of carboxylic acids is 1. The van der Waals surface area contributed by atoms with Crippen molar-refractivity contribution in [1.82, 2.24) is 9.97 Å². The Balaban J connectivity index is 1.63. The van der Waals surface area contributed by atoms with Gasteiger partial charge in [-0.3, -0.25) is 9.69 Å². The first-order valence-corrected chi connectivity index (χ1v) is 16.5. The summed E-state index contributed by atoms with van der Waals surface area (Å²) in [5, 5.41) is 9.55. The lowest BCUT2D eigenvalue weighted by atomic mass is 9.88. The summed E-state index contributed by atoms with van der Waals surface area (Å²) in [7, 11) is 1.42. The number of ether oxygens (including phenoxy) is 3. The van der Waals surface area contributed by atoms with Gasteiger partial charge >= 0.3 is 24.4 Å². The molecule has 282 valence electrons. The number of alkyl halides is 6. The van der Waals surface area contributed by atoms with Gasteiger partial charge in [-0.2, -0.15) is 26.3 Å². The summed E-state index contributed by atoms with van der Waals surface area (Å²) in [6.45, 7) is 5.82. The molecule has 2 aliphatic rings. The number of halogens is 6. The summed E-state index contributed by atoms with van der Waals surface area (Å²) < 4.78 is 100.0. The number of morpholine rings is 1. The Labute approximate surface area is 296 Å². The number of hydrogen-bond acceptors (Lipinski definition) is 9. The van der Waals surface area contributed by atoms with Crippen LogP contribution in [0.4, 0.5) is 48.5 Å². The minimum atomic E-state index is -5.06. The second-order valence-electron chi connectivity index (χ2n) is 13.2. The van der Waals surface area contributed by atoms with Crippen LogP contribution in [-0.2, 0) is 33.2 Å². The van der Waals surface area contributed by atoms with E-state index in [0.29, 0.717) is 67.5 Å². The van der Waals surface area contributed by atoms with Gasteiger partial charge < -0.3 is 29.1 Å². The SMILES string of the molecule is CC[C@@H]1C[C@H](N(Cc2cc(C(F)(F)F)cc(C(F)(F)F)c2)c2ncc(N3CCOCC3)cn2)c2cc(OC)ccc2N1C(=O)OCC(C)(C)C(=O)O. The Hall–Kier alpha value is -4.80. The number of methoxy groups -OCH3 is 1. The zero-order valence-corrected chi connectivity index (χ0v) is 28.9. The molecule has 52 heavy (non-hydrogen) atoms. The maximum atomic E-state index is 13.9. The van der Waals surface area contributed by atoms with Crippen molar-refractivity contribution < 1.29 is 55.2 Å². The summed E-state index contributed by atoms with van der Waals surface area (Å²) in [5.74, 6) is -0.786. The molecule has 1 saturated heterocycles. The monoisotopic (exact) mass is 739 g/mol. The first-order valence-electron chi connectivity index (χ1n) is 16.5. The summed E-state index contributed by atoms with van der Waals surface area (Å²) >= 11 is 0. The summed E-state index contributed by atoms with van der Waals surface area (Å²) in [4.78, 5) is 39.4. The van der Waals surface area contributed by atoms with Gasteiger partial charge in [-0.1, -0.05) is 6.92 Å². The topological polar surface area (TPSA) is 118 Å². The van der Waals surface area contributed by atoms with E-state index in [4.69, 9.17) is 14.2 Å². The van der Waals surface area contributed by atoms with Crippen molar-refractivity contribution in [3.8, 4) is 5.75 Å². The van der Waals surface area contributed by atoms with Crippen molar-refractivity contribution in [2.45, 2.75) is 64.6 Å². The largest absolute Gasteiger partial charge is 0.497 e. The van der Waals surface area contributed by atoms with Crippen LogP contribution in [0.5, 0.6) is 5.75 Å². The second-order valence-corrected chi connectivity index (χ2v) is 13.2. The van der Waals surface area contributed by atoms with Gasteiger partial charge in [0.15, 0.2) is 0 Å². The highest BCUT2D eigenvalue weighted by atomic mass is 19.4. The third-order valence-electron chi connectivity index (χ3n) is 9.15. The van der Waals surface area contributed by atoms with Crippen LogP contribution >= 0.6 is 0 Å². The molecule has 11 nitrogen and oxygen atoms in total. The maximum Gasteiger partial charge on any atom is 0.416 e. The first kappa shape index (κ1) is 38.4. The van der Waals surface area contributed by atoms with E-state index < -0.39 is 66.2 Å². The molecular weight excluding hydrogens is 700 g/mol. The number of anilines is 3. The fourth-order valence-corrected chi connectivity index (χ4v) is 6.17. The Morgan fingerprint density at radius 3 is 2.13 bits per heavy atom. The fourth-order valence-electron chi connectivity index (χ4n) is 6.17. The Morgan fingerprint density at radius 2 is 1.60 bits per heavy atom. The smallest absolute Gasteiger partial charge is 0.416 e. The van der Waals surface area contributed by atoms with Crippen molar-refractivity contribution in [3.63, 3.8) is 0 Å². The highest BCUT2D eigenvalue weighted by Crippen LogP contribution is 2.45. The van der Waals surface area contributed by atoms with E-state index in [2.05, 4.69) is 9.97 Å². The van der Waals surface area contributed by atoms with Crippen molar-refractivity contribution in [1.29, 1.82) is 0 Å². The number of aliphatic carboxylic acids is 1. The van der Waals surface area contributed by atoms with E-state index in [1.165, 1.54) is 43.2 Å². The van der Waals surface area contributed by atoms with Crippen LogP contribution in [0.1, 0.15) is 61.9 Å². The van der Waals surface area contributed by atoms with E-state index in [-0.39, 0.29) is 24.0 Å². The Bertz CT molecular complexity index is 1720. The molecule has 5 rings (SSSR count). The molecule has 17 heteroatoms. The van der Waals surface area contributed by atoms with Crippen LogP contribution < -0.4 is 19.4 Å². The van der Waals surface area contributed by atoms with E-state index in [0.717, 1.165) is 0 Å². The van der Waals surface area contributed by atoms with E-state index >= 15 is 0 Å². The van der Waals surface area contributed by atoms with Gasteiger partial charge in [-0.15, -0.1) is 0 Å². The van der Waals surface area contributed by atoms with Gasteiger partial charge in [0.1, 0.15) is 12.4 Å². The number of nitrogens with zero attached hydrogens (tertiary/aromatic N) is 5. The highest BCUT2D eigenvalue weighted by Gasteiger charge is 2.42. The molecule has 0 bridgehead atoms. The third-order valence-corrected chi connectivity index (χ3v) is 9.15. The molecule has 0 radical (unpaired) electrons. The standard InChI is InChI=1S/C35H39F6N5O6/c1-5-24-15-29(27-16-26(50-4)6-7-28(27)46(24)32(49)52-20-33(2,3)30(47)48)45(31-42-17-25(18-43-31)44-8-10-51-11-9-44)19-21-12-22(34(36,37)38)14-23(13-21)35(39,40)41/h6-7,12-14,16-18,24,29H,5,8-11,15,19-20H2,1-4H3,(H,47,48)/t24-,29+/m1/s1. The predicted molar refractivity (Wildman–Crippen MR) is 177 cm³/mol. The number of benzene rings is 2. The Kier molecular flexibility index (Phi) is 11.1. The molecule has 0 aliphatic carbocycles. The van der Waals surface area contributed by atoms with Crippen LogP contribution in [0.3, 0.4) is 0 Å². The number of carbonyl (C=O) groups excluding carboxylic acids is 1. The lowest BCUT2D eigenvalue weighted by molar-refractivity contribution is -0.149. The van der Waals surface area contributed by atoms with Crippen molar-refractivity contribution in [2.75, 3.05) is 54.7 Å². The molecule has 1 fully saturated rings. The van der Waals surface area contributed by atoms with Gasteiger partial charge in [0.05, 0.1) is 66.7 Å². The minimum absolute atomic E-state index is 0.0239. The number of hydrogen-bond donors (Lipinski definition) is 1. The molecule has 1 amide bonds. The Morgan fingerprint density at radius 1 is 0.981 bits per heavy atom. The quantitative estimate of drug-likeness (QED) is 0.212. The molecule has 2 aliphatic heterocycles. The number of carboxylic acid groups (broad SMARTS) is 1. The fraction of sp³-hybridized carbons (Fsp3) is 0.486. The molecule has 0 unspecified atom stereocenters. The van der Waals surface area contributed by atoms with Gasteiger partial charge in [-0.05, 0) is 68.7 Å². The first-order chi connectivity index (χ1) is 24.4. The van der Waals surface area contributed by atoms with E-state index in [1.807, 2.05) is 4.90 Å². The van der Waals surface area contributed by atoms with Crippen molar-refractivity contribution in [3.05, 3.63) is 71.0 Å². The number of amides is 1. The van der Waals surface area contributed by atoms with Gasteiger partial charge in [0.2, 0.25) is 5.95 Å². The second kappa shape index (κ2) is 15.0. The summed E-state index contributed by atoms with van der Waals surface area (Å²) in [6, 6.07) is 4.83. The minimum Gasteiger partial charge on any atom is -0.497 e. The summed E-state index contributed by atoms with van der Waals surface area (Å²) in [6.07, 6.45) is -7.41. The molecule has 0 spiro atoms. The normalized spacial score (nSPS) is 18.1. The highest BCUT2D eigenvalue weighted by molar-refractivity contribution is 5.91. The van der Waals surface area contributed by atoms with E-state index in [9.17, 15) is 41.0 Å². The lowest BCUT2D eigenvalue weighted by Gasteiger charge is -2.44. The summed E-state index contributed by atoms with van der Waals surface area (Å²) in [5.41, 5.74) is -3.19. The average Bonchev–Trinajstić information content (AvgIpc) is 3.11. The number of aromatic nitrogens is 2. The van der Waals surface area contributed by atoms with Crippen molar-refractivity contribution >= 4 is 29.4 Å². The molecule has 1 N–H and O–H groups in total. The molecule has 0 saturated carbocycles. The maximum absolute atomic E-state index is 13.9. The average molecular weight is 740 g/mol. The molecule has 1 aromatic heterocycles. The zero-order chi connectivity index (χ0) is 38.0. The molecular formula is C35H39F6N5O6. The predicted octanol–water partition coefficient (Wildman–Crippen LogP) is 7.34. The van der Waals surface area contributed by atoms with Gasteiger partial charge in [0, 0.05) is 31.2 Å². The van der Waals surface area contributed by atoms with Crippen LogP contribution in [0.2, 0.25) is 0 Å². The zero-order valence-electron chi connectivity index (χ0n) is 28.9. The molecule has 3 heterocycles. The van der Waals surface area contributed by atoms with Crippen LogP contribution in [0, 0.1) is 5.41 Å². The number of rotatable bonds is 10. The van der Waals surface area contributed by atoms with Gasteiger partial charge in [-0.25, -0.2) is 14.8 Å². The number of carbonyl (C=O) groups is 2. The molecule has 2 aromatic carbocycles. The molecule has 2 atom stereocenters. The van der Waals surface area contributed by atoms with Crippen LogP contribution in [0.25, 0.3) is 0 Å². The van der Waals surface area contributed by atoms with Crippen LogP contribution in [-0.4, -0.2) is 73.2 Å².